The largest absolute Gasteiger partial charge is 0.309 e. The summed E-state index contributed by atoms with van der Waals surface area (Å²) < 4.78 is 1.80. The van der Waals surface area contributed by atoms with Crippen molar-refractivity contribution in [1.82, 2.24) is 25.1 Å². The highest BCUT2D eigenvalue weighted by atomic mass is 15.3. The molecule has 16 heavy (non-hydrogen) atoms. The van der Waals surface area contributed by atoms with E-state index in [1.807, 2.05) is 12.3 Å². The van der Waals surface area contributed by atoms with E-state index >= 15 is 0 Å². The summed E-state index contributed by atoms with van der Waals surface area (Å²) in [6.45, 7) is 4.55. The molecular formula is C11H15N5. The summed E-state index contributed by atoms with van der Waals surface area (Å²) in [4.78, 5) is 8.20. The third-order valence-corrected chi connectivity index (χ3v) is 2.39. The molecule has 0 saturated carbocycles. The summed E-state index contributed by atoms with van der Waals surface area (Å²) in [5, 5.41) is 7.36. The van der Waals surface area contributed by atoms with Crippen molar-refractivity contribution in [3.8, 4) is 0 Å². The van der Waals surface area contributed by atoms with E-state index in [0.717, 1.165) is 25.3 Å². The summed E-state index contributed by atoms with van der Waals surface area (Å²) in [7, 11) is 0. The number of aryl methyl sites for hydroxylation is 1. The van der Waals surface area contributed by atoms with Gasteiger partial charge in [0.15, 0.2) is 0 Å². The molecule has 5 nitrogen and oxygen atoms in total. The van der Waals surface area contributed by atoms with Gasteiger partial charge in [-0.15, -0.1) is 0 Å². The fraction of sp³-hybridized carbons (Fsp3) is 0.364. The Kier molecular flexibility index (Phi) is 3.61. The topological polar surface area (TPSA) is 55.6 Å². The highest BCUT2D eigenvalue weighted by molar-refractivity contribution is 5.17. The van der Waals surface area contributed by atoms with Crippen molar-refractivity contribution in [1.29, 1.82) is 0 Å². The average molecular weight is 217 g/mol. The van der Waals surface area contributed by atoms with Gasteiger partial charge in [-0.1, -0.05) is 6.07 Å². The predicted molar refractivity (Wildman–Crippen MR) is 60.7 cm³/mol. The lowest BCUT2D eigenvalue weighted by Crippen LogP contribution is -2.20. The molecule has 0 amide bonds. The quantitative estimate of drug-likeness (QED) is 0.752. The highest BCUT2D eigenvalue weighted by Gasteiger charge is 1.97. The number of hydrogen-bond donors (Lipinski definition) is 1. The highest BCUT2D eigenvalue weighted by Crippen LogP contribution is 2.01. The van der Waals surface area contributed by atoms with Crippen LogP contribution in [-0.2, 0) is 13.1 Å². The molecule has 2 heterocycles. The Morgan fingerprint density at radius 1 is 1.44 bits per heavy atom. The zero-order valence-corrected chi connectivity index (χ0v) is 9.30. The first-order chi connectivity index (χ1) is 7.86. The lowest BCUT2D eigenvalue weighted by molar-refractivity contribution is 0.550. The van der Waals surface area contributed by atoms with Crippen LogP contribution in [0.5, 0.6) is 0 Å². The van der Waals surface area contributed by atoms with Crippen molar-refractivity contribution in [3.05, 3.63) is 42.2 Å². The minimum absolute atomic E-state index is 0.793. The molecule has 2 aromatic heterocycles. The molecule has 0 saturated heterocycles. The first-order valence-corrected chi connectivity index (χ1v) is 5.30. The molecule has 0 fully saturated rings. The monoisotopic (exact) mass is 217 g/mol. The van der Waals surface area contributed by atoms with E-state index in [0.29, 0.717) is 0 Å². The van der Waals surface area contributed by atoms with Crippen LogP contribution >= 0.6 is 0 Å². The van der Waals surface area contributed by atoms with Crippen molar-refractivity contribution in [2.24, 2.45) is 0 Å². The average Bonchev–Trinajstić information content (AvgIpc) is 2.79. The van der Waals surface area contributed by atoms with Gasteiger partial charge in [-0.3, -0.25) is 9.67 Å². The number of nitrogens with one attached hydrogen (secondary N) is 1. The van der Waals surface area contributed by atoms with Crippen molar-refractivity contribution in [2.75, 3.05) is 6.54 Å². The second-order valence-electron chi connectivity index (χ2n) is 3.60. The van der Waals surface area contributed by atoms with Crippen LogP contribution in [0, 0.1) is 6.92 Å². The van der Waals surface area contributed by atoms with Gasteiger partial charge < -0.3 is 5.32 Å². The summed E-state index contributed by atoms with van der Waals surface area (Å²) in [5.74, 6) is 0. The minimum Gasteiger partial charge on any atom is -0.309 e. The molecule has 84 valence electrons. The summed E-state index contributed by atoms with van der Waals surface area (Å²) in [5.41, 5.74) is 2.32. The van der Waals surface area contributed by atoms with Crippen LogP contribution in [0.2, 0.25) is 0 Å². The molecule has 0 atom stereocenters. The van der Waals surface area contributed by atoms with E-state index < -0.39 is 0 Å². The van der Waals surface area contributed by atoms with Crippen LogP contribution in [-0.4, -0.2) is 26.3 Å². The van der Waals surface area contributed by atoms with Gasteiger partial charge >= 0.3 is 0 Å². The molecule has 2 aromatic rings. The molecule has 0 aliphatic carbocycles. The Hall–Kier alpha value is -1.75. The van der Waals surface area contributed by atoms with Gasteiger partial charge in [0.25, 0.3) is 0 Å². The molecule has 0 radical (unpaired) electrons. The standard InChI is InChI=1S/C11H15N5/c1-10-3-2-4-14-11(10)7-12-5-6-16-9-13-8-15-16/h2-4,8-9,12H,5-7H2,1H3. The molecule has 0 unspecified atom stereocenters. The molecule has 0 spiro atoms. The van der Waals surface area contributed by atoms with E-state index in [1.165, 1.54) is 5.56 Å². The third-order valence-electron chi connectivity index (χ3n) is 2.39. The molecule has 0 aliphatic heterocycles. The van der Waals surface area contributed by atoms with E-state index in [2.05, 4.69) is 33.4 Å². The maximum atomic E-state index is 4.32. The molecule has 1 N–H and O–H groups in total. The van der Waals surface area contributed by atoms with Gasteiger partial charge in [0, 0.05) is 19.3 Å². The summed E-state index contributed by atoms with van der Waals surface area (Å²) >= 11 is 0. The molecular weight excluding hydrogens is 202 g/mol. The maximum Gasteiger partial charge on any atom is 0.137 e. The van der Waals surface area contributed by atoms with Gasteiger partial charge in [-0.05, 0) is 18.6 Å². The van der Waals surface area contributed by atoms with Crippen LogP contribution in [0.25, 0.3) is 0 Å². The first kappa shape index (κ1) is 10.8. The maximum absolute atomic E-state index is 4.32. The van der Waals surface area contributed by atoms with Gasteiger partial charge in [-0.25, -0.2) is 4.98 Å². The Morgan fingerprint density at radius 3 is 3.12 bits per heavy atom. The number of rotatable bonds is 5. The fourth-order valence-corrected chi connectivity index (χ4v) is 1.45. The normalized spacial score (nSPS) is 10.6. The second-order valence-corrected chi connectivity index (χ2v) is 3.60. The molecule has 0 aromatic carbocycles. The molecule has 2 rings (SSSR count). The van der Waals surface area contributed by atoms with E-state index in [1.54, 1.807) is 17.3 Å². The fourth-order valence-electron chi connectivity index (χ4n) is 1.45. The van der Waals surface area contributed by atoms with Crippen molar-refractivity contribution in [3.63, 3.8) is 0 Å². The van der Waals surface area contributed by atoms with Crippen LogP contribution in [0.1, 0.15) is 11.3 Å². The zero-order chi connectivity index (χ0) is 11.2. The molecule has 0 aliphatic rings. The predicted octanol–water partition coefficient (Wildman–Crippen LogP) is 0.771. The lowest BCUT2D eigenvalue weighted by atomic mass is 10.2. The number of hydrogen-bond acceptors (Lipinski definition) is 4. The van der Waals surface area contributed by atoms with Gasteiger partial charge in [-0.2, -0.15) is 5.10 Å². The van der Waals surface area contributed by atoms with Crippen LogP contribution in [0.4, 0.5) is 0 Å². The summed E-state index contributed by atoms with van der Waals surface area (Å²) in [6.07, 6.45) is 5.08. The van der Waals surface area contributed by atoms with E-state index in [4.69, 9.17) is 0 Å². The number of aromatic nitrogens is 4. The van der Waals surface area contributed by atoms with Gasteiger partial charge in [0.2, 0.25) is 0 Å². The van der Waals surface area contributed by atoms with Crippen LogP contribution < -0.4 is 5.32 Å². The van der Waals surface area contributed by atoms with Crippen molar-refractivity contribution in [2.45, 2.75) is 20.0 Å². The number of nitrogens with zero attached hydrogens (tertiary/aromatic N) is 4. The first-order valence-electron chi connectivity index (χ1n) is 5.30. The second kappa shape index (κ2) is 5.37. The Labute approximate surface area is 94.5 Å². The van der Waals surface area contributed by atoms with E-state index in [-0.39, 0.29) is 0 Å². The van der Waals surface area contributed by atoms with Gasteiger partial charge in [0.1, 0.15) is 12.7 Å². The van der Waals surface area contributed by atoms with E-state index in [9.17, 15) is 0 Å². The molecule has 5 heteroatoms. The minimum atomic E-state index is 0.793. The third kappa shape index (κ3) is 2.87. The van der Waals surface area contributed by atoms with Crippen molar-refractivity contribution >= 4 is 0 Å². The number of pyridine rings is 1. The zero-order valence-electron chi connectivity index (χ0n) is 9.30. The lowest BCUT2D eigenvalue weighted by Gasteiger charge is -2.06. The Morgan fingerprint density at radius 2 is 2.38 bits per heavy atom. The Balaban J connectivity index is 1.74. The Bertz CT molecular complexity index is 424. The van der Waals surface area contributed by atoms with Gasteiger partial charge in [0.05, 0.1) is 12.2 Å². The van der Waals surface area contributed by atoms with Crippen LogP contribution in [0.15, 0.2) is 31.0 Å². The summed E-state index contributed by atoms with van der Waals surface area (Å²) in [6, 6.07) is 4.02. The SMILES string of the molecule is Cc1cccnc1CNCCn1cncn1. The van der Waals surface area contributed by atoms with Crippen LogP contribution in [0.3, 0.4) is 0 Å². The smallest absolute Gasteiger partial charge is 0.137 e. The van der Waals surface area contributed by atoms with Crippen molar-refractivity contribution < 1.29 is 0 Å². The molecule has 0 bridgehead atoms.